The van der Waals surface area contributed by atoms with E-state index in [4.69, 9.17) is 4.42 Å². The van der Waals surface area contributed by atoms with Gasteiger partial charge in [0.15, 0.2) is 0 Å². The predicted molar refractivity (Wildman–Crippen MR) is 237 cm³/mol. The highest BCUT2D eigenvalue weighted by atomic mass is 16.3. The summed E-state index contributed by atoms with van der Waals surface area (Å²) in [5.41, 5.74) is 17.3. The van der Waals surface area contributed by atoms with Gasteiger partial charge in [-0.05, 0) is 105 Å². The van der Waals surface area contributed by atoms with Crippen molar-refractivity contribution in [2.75, 3.05) is 4.90 Å². The highest BCUT2D eigenvalue weighted by molar-refractivity contribution is 6.09. The summed E-state index contributed by atoms with van der Waals surface area (Å²) < 4.78 is 6.43. The summed E-state index contributed by atoms with van der Waals surface area (Å²) in [5, 5.41) is 2.28. The number of anilines is 3. The zero-order valence-electron chi connectivity index (χ0n) is 31.5. The highest BCUT2D eigenvalue weighted by Gasteiger charge is 2.46. The number of fused-ring (bicyclic) bond motifs is 6. The second-order valence-electron chi connectivity index (χ2n) is 15.1. The minimum Gasteiger partial charge on any atom is -0.455 e. The van der Waals surface area contributed by atoms with Crippen molar-refractivity contribution in [2.45, 2.75) is 18.3 Å². The average Bonchev–Trinajstić information content (AvgIpc) is 3.82. The number of furan rings is 1. The van der Waals surface area contributed by atoms with Gasteiger partial charge in [-0.15, -0.1) is 0 Å². The van der Waals surface area contributed by atoms with E-state index in [9.17, 15) is 0 Å². The first kappa shape index (κ1) is 33.2. The van der Waals surface area contributed by atoms with E-state index in [1.807, 2.05) is 12.1 Å². The number of nitrogens with zero attached hydrogens (tertiary/aromatic N) is 1. The van der Waals surface area contributed by atoms with Crippen molar-refractivity contribution in [1.82, 2.24) is 0 Å². The molecule has 0 aliphatic heterocycles. The largest absolute Gasteiger partial charge is 0.455 e. The van der Waals surface area contributed by atoms with E-state index in [0.717, 1.165) is 63.0 Å². The smallest absolute Gasteiger partial charge is 0.143 e. The molecule has 270 valence electrons. The molecule has 0 bridgehead atoms. The molecular weight excluding hydrogens is 691 g/mol. The lowest BCUT2D eigenvalue weighted by atomic mass is 9.66. The third kappa shape index (κ3) is 5.33. The normalized spacial score (nSPS) is 14.0. The van der Waals surface area contributed by atoms with Gasteiger partial charge in [-0.3, -0.25) is 0 Å². The van der Waals surface area contributed by atoms with E-state index >= 15 is 0 Å². The Morgan fingerprint density at radius 1 is 0.421 bits per heavy atom. The first-order valence-corrected chi connectivity index (χ1v) is 19.9. The summed E-state index contributed by atoms with van der Waals surface area (Å²) in [5.74, 6) is 0. The van der Waals surface area contributed by atoms with Gasteiger partial charge in [-0.25, -0.2) is 0 Å². The second kappa shape index (κ2) is 13.5. The maximum Gasteiger partial charge on any atom is 0.143 e. The van der Waals surface area contributed by atoms with Crippen LogP contribution in [0.15, 0.2) is 222 Å². The molecule has 0 saturated heterocycles. The van der Waals surface area contributed by atoms with Crippen LogP contribution in [0.1, 0.15) is 29.5 Å². The van der Waals surface area contributed by atoms with Crippen LogP contribution in [0.25, 0.3) is 55.3 Å². The summed E-state index contributed by atoms with van der Waals surface area (Å²) in [6.07, 6.45) is 9.29. The van der Waals surface area contributed by atoms with Crippen molar-refractivity contribution in [3.05, 3.63) is 235 Å². The molecule has 0 spiro atoms. The molecule has 0 atom stereocenters. The van der Waals surface area contributed by atoms with Gasteiger partial charge < -0.3 is 9.32 Å². The van der Waals surface area contributed by atoms with Crippen molar-refractivity contribution in [2.24, 2.45) is 0 Å². The molecule has 0 saturated carbocycles. The Morgan fingerprint density at radius 2 is 0.965 bits per heavy atom. The number of para-hydroxylation sites is 2. The number of benzene rings is 8. The molecule has 8 aromatic carbocycles. The van der Waals surface area contributed by atoms with Crippen molar-refractivity contribution >= 4 is 39.0 Å². The molecule has 2 nitrogen and oxygen atoms in total. The monoisotopic (exact) mass is 729 g/mol. The SMILES string of the molecule is C1=CC(C2(c3ccc(N(c4ccc(-c5ccccc5)cc4)c4ccc(-c5cccc6c5oc5ccccc56)cc4)cc3)c3ccccc3-c3ccccc32)=CCC1. The standard InChI is InChI=1S/C55H39NO/c1-3-14-38(15-4-1)39-26-32-43(33-27-39)56(44-34-28-40(29-35-44)46-21-13-22-50-49-20-9-12-25-53(49)57-54(46)50)45-36-30-42(31-37-45)55(41-16-5-2-6-17-41)51-23-10-7-18-47(51)48-19-8-11-24-52(48)55/h1,3-5,7-37H,2,6H2. The lowest BCUT2D eigenvalue weighted by molar-refractivity contribution is 0.670. The van der Waals surface area contributed by atoms with Gasteiger partial charge in [0, 0.05) is 33.4 Å². The van der Waals surface area contributed by atoms with Crippen molar-refractivity contribution in [1.29, 1.82) is 0 Å². The van der Waals surface area contributed by atoms with Crippen molar-refractivity contribution < 1.29 is 4.42 Å². The average molecular weight is 730 g/mol. The first-order valence-electron chi connectivity index (χ1n) is 19.9. The maximum absolute atomic E-state index is 6.43. The molecule has 0 amide bonds. The van der Waals surface area contributed by atoms with Crippen molar-refractivity contribution in [3.63, 3.8) is 0 Å². The molecule has 2 aliphatic rings. The molecule has 2 aliphatic carbocycles. The van der Waals surface area contributed by atoms with Crippen LogP contribution in [-0.4, -0.2) is 0 Å². The summed E-state index contributed by atoms with van der Waals surface area (Å²) in [6.45, 7) is 0. The molecule has 0 radical (unpaired) electrons. The van der Waals surface area contributed by atoms with Crippen LogP contribution in [0.4, 0.5) is 17.1 Å². The van der Waals surface area contributed by atoms with Crippen LogP contribution in [0.2, 0.25) is 0 Å². The Bertz CT molecular complexity index is 2940. The molecule has 0 N–H and O–H groups in total. The highest BCUT2D eigenvalue weighted by Crippen LogP contribution is 2.57. The quantitative estimate of drug-likeness (QED) is 0.162. The third-order valence-electron chi connectivity index (χ3n) is 12.0. The molecule has 9 aromatic rings. The molecule has 0 unspecified atom stereocenters. The molecule has 0 fully saturated rings. The number of allylic oxidation sites excluding steroid dienone is 4. The minimum absolute atomic E-state index is 0.399. The van der Waals surface area contributed by atoms with E-state index in [1.165, 1.54) is 44.5 Å². The van der Waals surface area contributed by atoms with E-state index in [-0.39, 0.29) is 0 Å². The topological polar surface area (TPSA) is 16.4 Å². The van der Waals surface area contributed by atoms with Crippen LogP contribution < -0.4 is 4.90 Å². The fourth-order valence-electron chi connectivity index (χ4n) is 9.42. The Hall–Kier alpha value is -7.16. The molecule has 2 heteroatoms. The molecule has 1 aromatic heterocycles. The van der Waals surface area contributed by atoms with E-state index in [2.05, 4.69) is 205 Å². The van der Waals surface area contributed by atoms with Crippen LogP contribution in [0.5, 0.6) is 0 Å². The van der Waals surface area contributed by atoms with Crippen LogP contribution in [-0.2, 0) is 5.41 Å². The van der Waals surface area contributed by atoms with Gasteiger partial charge in [0.25, 0.3) is 0 Å². The summed E-state index contributed by atoms with van der Waals surface area (Å²) in [4.78, 5) is 2.37. The van der Waals surface area contributed by atoms with Crippen LogP contribution in [0.3, 0.4) is 0 Å². The van der Waals surface area contributed by atoms with Crippen molar-refractivity contribution in [3.8, 4) is 33.4 Å². The van der Waals surface area contributed by atoms with E-state index in [0.29, 0.717) is 0 Å². The number of hydrogen-bond donors (Lipinski definition) is 0. The summed E-state index contributed by atoms with van der Waals surface area (Å²) >= 11 is 0. The zero-order valence-corrected chi connectivity index (χ0v) is 31.5. The van der Waals surface area contributed by atoms with Gasteiger partial charge >= 0.3 is 0 Å². The molecule has 11 rings (SSSR count). The summed E-state index contributed by atoms with van der Waals surface area (Å²) in [6, 6.07) is 70.5. The van der Waals surface area contributed by atoms with Gasteiger partial charge in [-0.1, -0.05) is 170 Å². The fraction of sp³-hybridized carbons (Fsp3) is 0.0545. The minimum atomic E-state index is -0.399. The second-order valence-corrected chi connectivity index (χ2v) is 15.1. The van der Waals surface area contributed by atoms with E-state index < -0.39 is 5.41 Å². The van der Waals surface area contributed by atoms with Gasteiger partial charge in [0.05, 0.1) is 5.41 Å². The number of rotatable bonds is 7. The lowest BCUT2D eigenvalue weighted by Crippen LogP contribution is -2.29. The maximum atomic E-state index is 6.43. The Kier molecular flexibility index (Phi) is 7.89. The Morgan fingerprint density at radius 3 is 1.63 bits per heavy atom. The first-order chi connectivity index (χ1) is 28.3. The summed E-state index contributed by atoms with van der Waals surface area (Å²) in [7, 11) is 0. The van der Waals surface area contributed by atoms with Gasteiger partial charge in [0.1, 0.15) is 11.2 Å². The molecular formula is C55H39NO. The van der Waals surface area contributed by atoms with Crippen LogP contribution >= 0.6 is 0 Å². The molecule has 1 heterocycles. The predicted octanol–water partition coefficient (Wildman–Crippen LogP) is 15.0. The number of hydrogen-bond acceptors (Lipinski definition) is 2. The van der Waals surface area contributed by atoms with Gasteiger partial charge in [-0.2, -0.15) is 0 Å². The Balaban J connectivity index is 1.04. The Labute approximate surface area is 333 Å². The lowest BCUT2D eigenvalue weighted by Gasteiger charge is -2.36. The third-order valence-corrected chi connectivity index (χ3v) is 12.0. The fourth-order valence-corrected chi connectivity index (χ4v) is 9.42. The molecule has 57 heavy (non-hydrogen) atoms. The zero-order chi connectivity index (χ0) is 37.8. The van der Waals surface area contributed by atoms with Gasteiger partial charge in [0.2, 0.25) is 0 Å². The van der Waals surface area contributed by atoms with Crippen LogP contribution in [0, 0.1) is 0 Å². The van der Waals surface area contributed by atoms with E-state index in [1.54, 1.807) is 0 Å².